The van der Waals surface area contributed by atoms with Crippen LogP contribution in [0.2, 0.25) is 0 Å². The van der Waals surface area contributed by atoms with Gasteiger partial charge in [0.2, 0.25) is 0 Å². The summed E-state index contributed by atoms with van der Waals surface area (Å²) in [5.41, 5.74) is 6.83. The van der Waals surface area contributed by atoms with Crippen LogP contribution < -0.4 is 16.2 Å². The van der Waals surface area contributed by atoms with Crippen molar-refractivity contribution in [3.05, 3.63) is 28.7 Å². The molecule has 0 aliphatic heterocycles. The molecular formula is C11H15N3O2. The standard InChI is InChI=1S/C11H15N3O2/c1-7(5-12)6-16-8-2-3-9-10(4-8)14-11(15)13-9/h2-4,7H,5-6,12H2,1H3,(H2,13,14,15)/t7-/m0/s1. The monoisotopic (exact) mass is 221 g/mol. The van der Waals surface area contributed by atoms with Crippen molar-refractivity contribution in [3.63, 3.8) is 0 Å². The molecule has 0 saturated heterocycles. The maximum absolute atomic E-state index is 11.0. The number of hydrogen-bond acceptors (Lipinski definition) is 3. The molecule has 0 saturated carbocycles. The van der Waals surface area contributed by atoms with Gasteiger partial charge >= 0.3 is 5.69 Å². The third-order valence-electron chi connectivity index (χ3n) is 2.42. The van der Waals surface area contributed by atoms with Crippen molar-refractivity contribution >= 4 is 11.0 Å². The van der Waals surface area contributed by atoms with Crippen molar-refractivity contribution in [1.29, 1.82) is 0 Å². The summed E-state index contributed by atoms with van der Waals surface area (Å²) < 4.78 is 5.56. The normalized spacial score (nSPS) is 12.9. The van der Waals surface area contributed by atoms with Crippen molar-refractivity contribution < 1.29 is 4.74 Å². The van der Waals surface area contributed by atoms with Crippen LogP contribution in [-0.4, -0.2) is 23.1 Å². The second kappa shape index (κ2) is 4.40. The number of aromatic nitrogens is 2. The molecule has 0 radical (unpaired) electrons. The molecule has 5 nitrogen and oxygen atoms in total. The number of imidazole rings is 1. The van der Waals surface area contributed by atoms with Crippen LogP contribution in [0.5, 0.6) is 5.75 Å². The van der Waals surface area contributed by atoms with Gasteiger partial charge in [-0.3, -0.25) is 0 Å². The van der Waals surface area contributed by atoms with Gasteiger partial charge in [0, 0.05) is 12.0 Å². The molecule has 0 spiro atoms. The van der Waals surface area contributed by atoms with Crippen LogP contribution in [-0.2, 0) is 0 Å². The van der Waals surface area contributed by atoms with Gasteiger partial charge in [0.1, 0.15) is 5.75 Å². The fourth-order valence-corrected chi connectivity index (χ4v) is 1.41. The van der Waals surface area contributed by atoms with E-state index in [-0.39, 0.29) is 5.69 Å². The van der Waals surface area contributed by atoms with Gasteiger partial charge in [-0.15, -0.1) is 0 Å². The average molecular weight is 221 g/mol. The van der Waals surface area contributed by atoms with Gasteiger partial charge in [-0.2, -0.15) is 0 Å². The molecule has 4 N–H and O–H groups in total. The topological polar surface area (TPSA) is 83.9 Å². The van der Waals surface area contributed by atoms with Gasteiger partial charge in [0.05, 0.1) is 17.6 Å². The van der Waals surface area contributed by atoms with Crippen LogP contribution in [0.4, 0.5) is 0 Å². The first kappa shape index (κ1) is 10.8. The molecule has 0 bridgehead atoms. The van der Waals surface area contributed by atoms with Gasteiger partial charge in [-0.1, -0.05) is 6.92 Å². The van der Waals surface area contributed by atoms with E-state index in [2.05, 4.69) is 9.97 Å². The van der Waals surface area contributed by atoms with E-state index >= 15 is 0 Å². The lowest BCUT2D eigenvalue weighted by Gasteiger charge is -2.10. The molecule has 0 fully saturated rings. The number of rotatable bonds is 4. The molecule has 0 aliphatic carbocycles. The van der Waals surface area contributed by atoms with E-state index in [0.29, 0.717) is 19.1 Å². The number of ether oxygens (including phenoxy) is 1. The van der Waals surface area contributed by atoms with Crippen LogP contribution in [0, 0.1) is 5.92 Å². The molecule has 1 aromatic heterocycles. The Hall–Kier alpha value is -1.75. The number of aromatic amines is 2. The molecule has 16 heavy (non-hydrogen) atoms. The Morgan fingerprint density at radius 3 is 2.88 bits per heavy atom. The average Bonchev–Trinajstić information content (AvgIpc) is 2.65. The maximum atomic E-state index is 11.0. The Bertz CT molecular complexity index is 529. The van der Waals surface area contributed by atoms with E-state index in [0.717, 1.165) is 16.8 Å². The fraction of sp³-hybridized carbons (Fsp3) is 0.364. The highest BCUT2D eigenvalue weighted by molar-refractivity contribution is 5.75. The van der Waals surface area contributed by atoms with Gasteiger partial charge in [-0.05, 0) is 18.7 Å². The first-order chi connectivity index (χ1) is 7.69. The molecule has 5 heteroatoms. The summed E-state index contributed by atoms with van der Waals surface area (Å²) in [5.74, 6) is 1.06. The predicted molar refractivity (Wildman–Crippen MR) is 62.6 cm³/mol. The predicted octanol–water partition coefficient (Wildman–Crippen LogP) is 0.830. The van der Waals surface area contributed by atoms with Crippen LogP contribution in [0.25, 0.3) is 11.0 Å². The number of fused-ring (bicyclic) bond motifs is 1. The van der Waals surface area contributed by atoms with E-state index in [1.807, 2.05) is 19.1 Å². The van der Waals surface area contributed by atoms with Crippen LogP contribution >= 0.6 is 0 Å². The summed E-state index contributed by atoms with van der Waals surface area (Å²) in [6.07, 6.45) is 0. The van der Waals surface area contributed by atoms with Crippen LogP contribution in [0.3, 0.4) is 0 Å². The number of hydrogen-bond donors (Lipinski definition) is 3. The van der Waals surface area contributed by atoms with Crippen molar-refractivity contribution in [3.8, 4) is 5.75 Å². The largest absolute Gasteiger partial charge is 0.493 e. The summed E-state index contributed by atoms with van der Waals surface area (Å²) in [6.45, 7) is 3.20. The highest BCUT2D eigenvalue weighted by Gasteiger charge is 2.03. The van der Waals surface area contributed by atoms with Gasteiger partial charge in [0.25, 0.3) is 0 Å². The molecule has 2 rings (SSSR count). The molecule has 1 aromatic carbocycles. The van der Waals surface area contributed by atoms with E-state index < -0.39 is 0 Å². The number of benzene rings is 1. The number of H-pyrrole nitrogens is 2. The summed E-state index contributed by atoms with van der Waals surface area (Å²) >= 11 is 0. The smallest absolute Gasteiger partial charge is 0.323 e. The summed E-state index contributed by atoms with van der Waals surface area (Å²) in [4.78, 5) is 16.4. The molecule has 86 valence electrons. The molecule has 0 amide bonds. The minimum absolute atomic E-state index is 0.206. The minimum atomic E-state index is -0.206. The molecule has 1 atom stereocenters. The van der Waals surface area contributed by atoms with Crippen molar-refractivity contribution in [1.82, 2.24) is 9.97 Å². The van der Waals surface area contributed by atoms with Gasteiger partial charge in [0.15, 0.2) is 0 Å². The lowest BCUT2D eigenvalue weighted by atomic mass is 10.2. The number of nitrogens with one attached hydrogen (secondary N) is 2. The lowest BCUT2D eigenvalue weighted by molar-refractivity contribution is 0.264. The minimum Gasteiger partial charge on any atom is -0.493 e. The SMILES string of the molecule is C[C@@H](CN)COc1ccc2[nH]c(=O)[nH]c2c1. The summed E-state index contributed by atoms with van der Waals surface area (Å²) in [7, 11) is 0. The molecule has 0 aliphatic rings. The van der Waals surface area contributed by atoms with Gasteiger partial charge < -0.3 is 20.4 Å². The Morgan fingerprint density at radius 2 is 2.12 bits per heavy atom. The Labute approximate surface area is 92.6 Å². The Balaban J connectivity index is 2.16. The quantitative estimate of drug-likeness (QED) is 0.715. The third kappa shape index (κ3) is 2.25. The second-order valence-electron chi connectivity index (χ2n) is 3.94. The van der Waals surface area contributed by atoms with Crippen molar-refractivity contribution in [2.75, 3.05) is 13.2 Å². The summed E-state index contributed by atoms with van der Waals surface area (Å²) in [5, 5.41) is 0. The Kier molecular flexibility index (Phi) is 2.96. The Morgan fingerprint density at radius 1 is 1.38 bits per heavy atom. The highest BCUT2D eigenvalue weighted by Crippen LogP contribution is 2.17. The molecule has 2 aromatic rings. The van der Waals surface area contributed by atoms with Gasteiger partial charge in [-0.25, -0.2) is 4.79 Å². The molecule has 0 unspecified atom stereocenters. The highest BCUT2D eigenvalue weighted by atomic mass is 16.5. The summed E-state index contributed by atoms with van der Waals surface area (Å²) in [6, 6.07) is 5.45. The van der Waals surface area contributed by atoms with E-state index in [4.69, 9.17) is 10.5 Å². The maximum Gasteiger partial charge on any atom is 0.323 e. The zero-order valence-corrected chi connectivity index (χ0v) is 9.12. The van der Waals surface area contributed by atoms with Crippen LogP contribution in [0.15, 0.2) is 23.0 Å². The second-order valence-corrected chi connectivity index (χ2v) is 3.94. The fourth-order valence-electron chi connectivity index (χ4n) is 1.41. The first-order valence-electron chi connectivity index (χ1n) is 5.24. The molecular weight excluding hydrogens is 206 g/mol. The van der Waals surface area contributed by atoms with E-state index in [1.54, 1.807) is 6.07 Å². The van der Waals surface area contributed by atoms with E-state index in [9.17, 15) is 4.79 Å². The zero-order valence-electron chi connectivity index (χ0n) is 9.12. The van der Waals surface area contributed by atoms with Crippen molar-refractivity contribution in [2.24, 2.45) is 11.7 Å². The number of nitrogens with two attached hydrogens (primary N) is 1. The third-order valence-corrected chi connectivity index (χ3v) is 2.42. The van der Waals surface area contributed by atoms with Crippen LogP contribution in [0.1, 0.15) is 6.92 Å². The first-order valence-corrected chi connectivity index (χ1v) is 5.24. The van der Waals surface area contributed by atoms with E-state index in [1.165, 1.54) is 0 Å². The molecule has 1 heterocycles. The zero-order chi connectivity index (χ0) is 11.5. The van der Waals surface area contributed by atoms with Crippen molar-refractivity contribution in [2.45, 2.75) is 6.92 Å². The lowest BCUT2D eigenvalue weighted by Crippen LogP contribution is -2.18.